The van der Waals surface area contributed by atoms with Crippen LogP contribution in [0, 0.1) is 0 Å². The van der Waals surface area contributed by atoms with Gasteiger partial charge in [0, 0.05) is 17.6 Å². The number of hydrogen-bond donors (Lipinski definition) is 2. The van der Waals surface area contributed by atoms with Crippen molar-refractivity contribution in [2.75, 3.05) is 10.2 Å². The van der Waals surface area contributed by atoms with Crippen molar-refractivity contribution in [2.24, 2.45) is 0 Å². The topological polar surface area (TPSA) is 73.9 Å². The van der Waals surface area contributed by atoms with Crippen molar-refractivity contribution in [1.82, 2.24) is 15.0 Å². The number of benzene rings is 1. The van der Waals surface area contributed by atoms with Gasteiger partial charge in [-0.25, -0.2) is 9.97 Å². The summed E-state index contributed by atoms with van der Waals surface area (Å²) >= 11 is 1.69. The molecule has 1 amide bonds. The van der Waals surface area contributed by atoms with E-state index >= 15 is 0 Å². The summed E-state index contributed by atoms with van der Waals surface area (Å²) in [6.45, 7) is 0.599. The molecule has 1 fully saturated rings. The second kappa shape index (κ2) is 7.83. The Kier molecular flexibility index (Phi) is 4.89. The van der Waals surface area contributed by atoms with Crippen molar-refractivity contribution in [3.05, 3.63) is 47.7 Å². The van der Waals surface area contributed by atoms with Gasteiger partial charge in [-0.1, -0.05) is 31.4 Å². The molecule has 0 saturated heterocycles. The average Bonchev–Trinajstić information content (AvgIpc) is 3.40. The summed E-state index contributed by atoms with van der Waals surface area (Å²) in [4.78, 5) is 26.5. The number of nitrogens with one attached hydrogen (secondary N) is 2. The summed E-state index contributed by atoms with van der Waals surface area (Å²) in [5.41, 5.74) is 3.60. The lowest BCUT2D eigenvalue weighted by Crippen LogP contribution is -2.36. The van der Waals surface area contributed by atoms with Gasteiger partial charge in [-0.2, -0.15) is 0 Å². The minimum Gasteiger partial charge on any atom is -0.376 e. The van der Waals surface area contributed by atoms with Crippen molar-refractivity contribution in [2.45, 2.75) is 44.7 Å². The Bertz CT molecular complexity index is 1110. The van der Waals surface area contributed by atoms with Crippen LogP contribution in [0.3, 0.4) is 0 Å². The zero-order valence-electron chi connectivity index (χ0n) is 16.1. The van der Waals surface area contributed by atoms with Crippen LogP contribution >= 0.6 is 11.3 Å². The Labute approximate surface area is 173 Å². The maximum atomic E-state index is 12.2. The van der Waals surface area contributed by atoms with Crippen molar-refractivity contribution in [3.63, 3.8) is 0 Å². The lowest BCUT2D eigenvalue weighted by atomic mass is 9.94. The number of fused-ring (bicyclic) bond motifs is 2. The number of aromatic amines is 1. The largest absolute Gasteiger partial charge is 0.376 e. The summed E-state index contributed by atoms with van der Waals surface area (Å²) in [6.07, 6.45) is 10.4. The van der Waals surface area contributed by atoms with Gasteiger partial charge in [-0.15, -0.1) is 11.3 Å². The van der Waals surface area contributed by atoms with E-state index < -0.39 is 0 Å². The van der Waals surface area contributed by atoms with Gasteiger partial charge in [0.1, 0.15) is 10.7 Å². The van der Waals surface area contributed by atoms with E-state index in [1.165, 1.54) is 24.0 Å². The van der Waals surface area contributed by atoms with Crippen LogP contribution in [0.4, 0.5) is 11.4 Å². The highest BCUT2D eigenvalue weighted by atomic mass is 32.1. The summed E-state index contributed by atoms with van der Waals surface area (Å²) in [5, 5.41) is 5.48. The van der Waals surface area contributed by atoms with Crippen LogP contribution in [0.15, 0.2) is 42.7 Å². The molecule has 0 unspecified atom stereocenters. The van der Waals surface area contributed by atoms with Gasteiger partial charge >= 0.3 is 0 Å². The highest BCUT2D eigenvalue weighted by molar-refractivity contribution is 7.18. The van der Waals surface area contributed by atoms with Gasteiger partial charge < -0.3 is 15.2 Å². The van der Waals surface area contributed by atoms with Crippen LogP contribution in [-0.4, -0.2) is 27.4 Å². The average molecular weight is 406 g/mol. The van der Waals surface area contributed by atoms with Gasteiger partial charge in [0.05, 0.1) is 34.3 Å². The first-order valence-corrected chi connectivity index (χ1v) is 10.9. The van der Waals surface area contributed by atoms with E-state index in [1.807, 2.05) is 41.6 Å². The number of rotatable bonds is 6. The molecule has 4 aromatic rings. The van der Waals surface area contributed by atoms with E-state index in [9.17, 15) is 4.79 Å². The Morgan fingerprint density at radius 1 is 1.21 bits per heavy atom. The third kappa shape index (κ3) is 3.46. The number of aromatic nitrogens is 3. The number of carbonyl (C=O) groups is 1. The van der Waals surface area contributed by atoms with Crippen LogP contribution in [0.2, 0.25) is 0 Å². The minimum atomic E-state index is 0.241. The van der Waals surface area contributed by atoms with E-state index in [1.54, 1.807) is 11.3 Å². The zero-order valence-corrected chi connectivity index (χ0v) is 16.9. The maximum absolute atomic E-state index is 12.2. The highest BCUT2D eigenvalue weighted by Crippen LogP contribution is 2.37. The predicted molar refractivity (Wildman–Crippen MR) is 118 cm³/mol. The van der Waals surface area contributed by atoms with Gasteiger partial charge in [0.25, 0.3) is 0 Å². The third-order valence-electron chi connectivity index (χ3n) is 5.67. The fraction of sp³-hybridized carbons (Fsp3) is 0.318. The number of nitrogens with zero attached hydrogens (tertiary/aromatic N) is 3. The summed E-state index contributed by atoms with van der Waals surface area (Å²) in [7, 11) is 0. The number of pyridine rings is 1. The molecule has 3 aromatic heterocycles. The van der Waals surface area contributed by atoms with E-state index in [0.717, 1.165) is 52.2 Å². The molecule has 5 rings (SSSR count). The first-order chi connectivity index (χ1) is 14.3. The second-order valence-corrected chi connectivity index (χ2v) is 8.61. The maximum Gasteiger partial charge on any atom is 0.214 e. The molecule has 1 saturated carbocycles. The Hall–Kier alpha value is -2.93. The fourth-order valence-corrected chi connectivity index (χ4v) is 5.16. The molecular formula is C22H23N5OS. The van der Waals surface area contributed by atoms with Crippen LogP contribution in [0.1, 0.15) is 37.1 Å². The van der Waals surface area contributed by atoms with Crippen LogP contribution in [0.25, 0.3) is 21.3 Å². The number of para-hydroxylation sites is 1. The standard InChI is InChI=1S/C22H23N5OS/c28-14-27(15-6-2-1-3-7-15)21-16-10-11-23-22(16)25-12-18(21)24-13-20-26-17-8-4-5-9-19(17)29-20/h4-5,8-12,14-15,24H,1-3,6-7,13H2,(H,23,25). The van der Waals surface area contributed by atoms with Crippen molar-refractivity contribution in [3.8, 4) is 0 Å². The molecular weight excluding hydrogens is 382 g/mol. The quantitative estimate of drug-likeness (QED) is 0.439. The van der Waals surface area contributed by atoms with Gasteiger partial charge in [-0.3, -0.25) is 4.79 Å². The second-order valence-electron chi connectivity index (χ2n) is 7.49. The number of thiazole rings is 1. The number of carbonyl (C=O) groups excluding carboxylic acids is 1. The van der Waals surface area contributed by atoms with Crippen molar-refractivity contribution >= 4 is 50.4 Å². The molecule has 0 bridgehead atoms. The molecule has 2 N–H and O–H groups in total. The number of hydrogen-bond acceptors (Lipinski definition) is 5. The molecule has 1 aliphatic carbocycles. The van der Waals surface area contributed by atoms with Gasteiger partial charge in [0.2, 0.25) is 6.41 Å². The Balaban J connectivity index is 1.49. The van der Waals surface area contributed by atoms with Crippen LogP contribution in [-0.2, 0) is 11.3 Å². The SMILES string of the molecule is O=CN(c1c(NCc2nc3ccccc3s2)cnc2[nH]ccc12)C1CCCCC1. The molecule has 0 radical (unpaired) electrons. The first-order valence-electron chi connectivity index (χ1n) is 10.1. The lowest BCUT2D eigenvalue weighted by Gasteiger charge is -2.33. The van der Waals surface area contributed by atoms with Crippen LogP contribution < -0.4 is 10.2 Å². The summed E-state index contributed by atoms with van der Waals surface area (Å²) in [5.74, 6) is 0. The highest BCUT2D eigenvalue weighted by Gasteiger charge is 2.25. The molecule has 0 aliphatic heterocycles. The third-order valence-corrected chi connectivity index (χ3v) is 6.70. The fourth-order valence-electron chi connectivity index (χ4n) is 4.25. The van der Waals surface area contributed by atoms with Crippen molar-refractivity contribution in [1.29, 1.82) is 0 Å². The van der Waals surface area contributed by atoms with Crippen molar-refractivity contribution < 1.29 is 4.79 Å². The zero-order chi connectivity index (χ0) is 19.6. The Morgan fingerprint density at radius 2 is 2.07 bits per heavy atom. The molecule has 6 nitrogen and oxygen atoms in total. The molecule has 1 aliphatic rings. The molecule has 0 atom stereocenters. The monoisotopic (exact) mass is 405 g/mol. The number of anilines is 2. The normalized spacial score (nSPS) is 15.0. The minimum absolute atomic E-state index is 0.241. The van der Waals surface area contributed by atoms with E-state index in [0.29, 0.717) is 6.54 Å². The molecule has 148 valence electrons. The number of amides is 1. The van der Waals surface area contributed by atoms with Crippen LogP contribution in [0.5, 0.6) is 0 Å². The smallest absolute Gasteiger partial charge is 0.214 e. The van der Waals surface area contributed by atoms with Gasteiger partial charge in [0.15, 0.2) is 0 Å². The summed E-state index contributed by atoms with van der Waals surface area (Å²) in [6, 6.07) is 10.4. The molecule has 1 aromatic carbocycles. The van der Waals surface area contributed by atoms with Gasteiger partial charge in [-0.05, 0) is 31.0 Å². The lowest BCUT2D eigenvalue weighted by molar-refractivity contribution is -0.108. The van der Waals surface area contributed by atoms with E-state index in [2.05, 4.69) is 21.4 Å². The van der Waals surface area contributed by atoms with E-state index in [-0.39, 0.29) is 6.04 Å². The van der Waals surface area contributed by atoms with E-state index in [4.69, 9.17) is 4.98 Å². The molecule has 7 heteroatoms. The molecule has 0 spiro atoms. The number of H-pyrrole nitrogens is 1. The first kappa shape index (κ1) is 18.1. The Morgan fingerprint density at radius 3 is 2.90 bits per heavy atom. The molecule has 3 heterocycles. The predicted octanol–water partition coefficient (Wildman–Crippen LogP) is 5.08. The summed E-state index contributed by atoms with van der Waals surface area (Å²) < 4.78 is 1.18. The molecule has 29 heavy (non-hydrogen) atoms.